The predicted octanol–water partition coefficient (Wildman–Crippen LogP) is 4.65. The van der Waals surface area contributed by atoms with E-state index in [4.69, 9.17) is 16.1 Å². The summed E-state index contributed by atoms with van der Waals surface area (Å²) in [4.78, 5) is 0. The molecule has 0 saturated heterocycles. The lowest BCUT2D eigenvalue weighted by Crippen LogP contribution is -1.79. The van der Waals surface area contributed by atoms with Crippen molar-refractivity contribution in [1.82, 2.24) is 5.16 Å². The molecule has 1 N–H and O–H groups in total. The first-order valence-corrected chi connectivity index (χ1v) is 6.24. The topological polar surface area (TPSA) is 46.3 Å². The van der Waals surface area contributed by atoms with Crippen LogP contribution in [-0.2, 0) is 0 Å². The number of hydrogen-bond acceptors (Lipinski definition) is 3. The molecule has 0 radical (unpaired) electrons. The molecule has 0 aliphatic heterocycles. The Hall–Kier alpha value is -2.33. The summed E-state index contributed by atoms with van der Waals surface area (Å²) in [6, 6.07) is 11.6. The third-order valence-corrected chi connectivity index (χ3v) is 3.27. The summed E-state index contributed by atoms with van der Waals surface area (Å²) < 4.78 is 19.1. The van der Waals surface area contributed by atoms with Crippen LogP contribution >= 0.6 is 11.6 Å². The smallest absolute Gasteiger partial charge is 0.189 e. The van der Waals surface area contributed by atoms with E-state index in [1.165, 1.54) is 12.1 Å². The van der Waals surface area contributed by atoms with Crippen molar-refractivity contribution in [2.75, 3.05) is 0 Å². The Bertz CT molecular complexity index is 796. The molecule has 0 saturated carbocycles. The molecule has 3 rings (SSSR count). The highest BCUT2D eigenvalue weighted by atomic mass is 35.5. The van der Waals surface area contributed by atoms with Crippen molar-refractivity contribution in [3.63, 3.8) is 0 Å². The SMILES string of the molecule is Oc1ccc2c(/C=C(\F)c3ccccc3)noc2c1Cl. The lowest BCUT2D eigenvalue weighted by molar-refractivity contribution is 0.448. The Morgan fingerprint density at radius 2 is 1.95 bits per heavy atom. The Morgan fingerprint density at radius 1 is 1.20 bits per heavy atom. The molecule has 2 aromatic carbocycles. The highest BCUT2D eigenvalue weighted by molar-refractivity contribution is 6.36. The maximum Gasteiger partial charge on any atom is 0.189 e. The molecule has 0 spiro atoms. The minimum atomic E-state index is -0.426. The maximum absolute atomic E-state index is 14.1. The zero-order valence-corrected chi connectivity index (χ0v) is 10.9. The van der Waals surface area contributed by atoms with Crippen molar-refractivity contribution in [3.8, 4) is 5.75 Å². The summed E-state index contributed by atoms with van der Waals surface area (Å²) >= 11 is 5.89. The first kappa shape index (κ1) is 12.7. The van der Waals surface area contributed by atoms with E-state index in [0.29, 0.717) is 16.6 Å². The molecule has 3 nitrogen and oxygen atoms in total. The molecule has 3 aromatic rings. The minimum absolute atomic E-state index is 0.0646. The fourth-order valence-corrected chi connectivity index (χ4v) is 2.08. The van der Waals surface area contributed by atoms with Crippen LogP contribution in [0.4, 0.5) is 4.39 Å². The van der Waals surface area contributed by atoms with Gasteiger partial charge in [0.1, 0.15) is 22.3 Å². The van der Waals surface area contributed by atoms with Crippen molar-refractivity contribution in [2.45, 2.75) is 0 Å². The fraction of sp³-hybridized carbons (Fsp3) is 0. The van der Waals surface area contributed by atoms with Crippen molar-refractivity contribution in [3.05, 3.63) is 58.7 Å². The molecular formula is C15H9ClFNO2. The maximum atomic E-state index is 14.1. The number of benzene rings is 2. The number of aromatic hydroxyl groups is 1. The molecule has 0 aliphatic carbocycles. The highest BCUT2D eigenvalue weighted by Crippen LogP contribution is 2.34. The van der Waals surface area contributed by atoms with Gasteiger partial charge in [0.15, 0.2) is 5.58 Å². The van der Waals surface area contributed by atoms with E-state index < -0.39 is 5.83 Å². The van der Waals surface area contributed by atoms with Crippen molar-refractivity contribution < 1.29 is 14.0 Å². The normalized spacial score (nSPS) is 12.0. The number of phenolic OH excluding ortho intramolecular Hbond substituents is 1. The lowest BCUT2D eigenvalue weighted by atomic mass is 10.1. The van der Waals surface area contributed by atoms with Gasteiger partial charge < -0.3 is 9.63 Å². The van der Waals surface area contributed by atoms with Gasteiger partial charge in [-0.3, -0.25) is 0 Å². The van der Waals surface area contributed by atoms with E-state index in [2.05, 4.69) is 5.16 Å². The van der Waals surface area contributed by atoms with Crippen LogP contribution in [0.1, 0.15) is 11.3 Å². The molecule has 5 heteroatoms. The Morgan fingerprint density at radius 3 is 2.70 bits per heavy atom. The zero-order valence-electron chi connectivity index (χ0n) is 10.2. The van der Waals surface area contributed by atoms with Gasteiger partial charge in [0.25, 0.3) is 0 Å². The summed E-state index contributed by atoms with van der Waals surface area (Å²) in [6.45, 7) is 0. The first-order chi connectivity index (χ1) is 9.66. The quantitative estimate of drug-likeness (QED) is 0.746. The van der Waals surface area contributed by atoms with E-state index in [-0.39, 0.29) is 16.4 Å². The molecule has 1 aromatic heterocycles. The lowest BCUT2D eigenvalue weighted by Gasteiger charge is -1.97. The van der Waals surface area contributed by atoms with Crippen LogP contribution in [0.2, 0.25) is 5.02 Å². The molecular weight excluding hydrogens is 281 g/mol. The molecule has 0 amide bonds. The number of phenols is 1. The van der Waals surface area contributed by atoms with Gasteiger partial charge in [0.2, 0.25) is 0 Å². The largest absolute Gasteiger partial charge is 0.506 e. The van der Waals surface area contributed by atoms with Gasteiger partial charge in [-0.05, 0) is 12.1 Å². The summed E-state index contributed by atoms with van der Waals surface area (Å²) in [7, 11) is 0. The van der Waals surface area contributed by atoms with Crippen molar-refractivity contribution >= 4 is 34.5 Å². The molecule has 0 bridgehead atoms. The van der Waals surface area contributed by atoms with Gasteiger partial charge in [-0.15, -0.1) is 0 Å². The average molecular weight is 290 g/mol. The third kappa shape index (κ3) is 2.14. The molecule has 0 aliphatic rings. The van der Waals surface area contributed by atoms with Gasteiger partial charge in [0, 0.05) is 11.6 Å². The van der Waals surface area contributed by atoms with Crippen LogP contribution in [0.3, 0.4) is 0 Å². The molecule has 0 atom stereocenters. The Kier molecular flexibility index (Phi) is 3.16. The van der Waals surface area contributed by atoms with Crippen LogP contribution in [0, 0.1) is 0 Å². The van der Waals surface area contributed by atoms with Crippen molar-refractivity contribution in [1.29, 1.82) is 0 Å². The number of halogens is 2. The Labute approximate surface area is 118 Å². The van der Waals surface area contributed by atoms with Crippen LogP contribution in [0.5, 0.6) is 5.75 Å². The summed E-state index contributed by atoms with van der Waals surface area (Å²) in [6.07, 6.45) is 1.27. The highest BCUT2D eigenvalue weighted by Gasteiger charge is 2.13. The van der Waals surface area contributed by atoms with Crippen LogP contribution in [0.15, 0.2) is 47.0 Å². The predicted molar refractivity (Wildman–Crippen MR) is 76.1 cm³/mol. The van der Waals surface area contributed by atoms with Gasteiger partial charge in [-0.25, -0.2) is 4.39 Å². The van der Waals surface area contributed by atoms with Gasteiger partial charge in [-0.2, -0.15) is 0 Å². The monoisotopic (exact) mass is 289 g/mol. The van der Waals surface area contributed by atoms with Crippen LogP contribution in [0.25, 0.3) is 22.9 Å². The molecule has 1 heterocycles. The second kappa shape index (κ2) is 4.98. The number of rotatable bonds is 2. The number of fused-ring (bicyclic) bond motifs is 1. The average Bonchev–Trinajstić information content (AvgIpc) is 2.87. The van der Waals surface area contributed by atoms with E-state index in [9.17, 15) is 9.50 Å². The van der Waals surface area contributed by atoms with E-state index in [1.54, 1.807) is 30.3 Å². The molecule has 0 unspecified atom stereocenters. The summed E-state index contributed by atoms with van der Waals surface area (Å²) in [5.74, 6) is -0.528. The number of aromatic nitrogens is 1. The summed E-state index contributed by atoms with van der Waals surface area (Å²) in [5, 5.41) is 13.9. The standard InChI is InChI=1S/C15H9ClFNO2/c16-14-13(19)7-6-10-12(18-20-15(10)14)8-11(17)9-4-2-1-3-5-9/h1-8,19H/b11-8-. The van der Waals surface area contributed by atoms with E-state index in [0.717, 1.165) is 0 Å². The fourth-order valence-electron chi connectivity index (χ4n) is 1.89. The minimum Gasteiger partial charge on any atom is -0.506 e. The second-order valence-corrected chi connectivity index (χ2v) is 4.58. The zero-order chi connectivity index (χ0) is 14.1. The van der Waals surface area contributed by atoms with Gasteiger partial charge in [-0.1, -0.05) is 47.1 Å². The van der Waals surface area contributed by atoms with Crippen LogP contribution < -0.4 is 0 Å². The van der Waals surface area contributed by atoms with Gasteiger partial charge >= 0.3 is 0 Å². The van der Waals surface area contributed by atoms with E-state index >= 15 is 0 Å². The molecule has 20 heavy (non-hydrogen) atoms. The number of hydrogen-bond donors (Lipinski definition) is 1. The third-order valence-electron chi connectivity index (χ3n) is 2.90. The van der Waals surface area contributed by atoms with Crippen LogP contribution in [-0.4, -0.2) is 10.3 Å². The molecule has 100 valence electrons. The second-order valence-electron chi connectivity index (χ2n) is 4.20. The van der Waals surface area contributed by atoms with Crippen molar-refractivity contribution in [2.24, 2.45) is 0 Å². The first-order valence-electron chi connectivity index (χ1n) is 5.86. The Balaban J connectivity index is 2.10. The molecule has 0 fully saturated rings. The van der Waals surface area contributed by atoms with Gasteiger partial charge in [0.05, 0.1) is 5.39 Å². The summed E-state index contributed by atoms with van der Waals surface area (Å²) in [5.41, 5.74) is 1.01. The van der Waals surface area contributed by atoms with E-state index in [1.807, 2.05) is 6.07 Å². The number of nitrogens with zero attached hydrogens (tertiary/aromatic N) is 1.